The van der Waals surface area contributed by atoms with Crippen molar-refractivity contribution in [1.82, 2.24) is 5.32 Å². The average molecular weight is 259 g/mol. The van der Waals surface area contributed by atoms with E-state index in [1.807, 2.05) is 0 Å². The summed E-state index contributed by atoms with van der Waals surface area (Å²) < 4.78 is 44.2. The maximum Gasteiger partial charge on any atom is 0.254 e. The quantitative estimate of drug-likeness (QED) is 0.843. The van der Waals surface area contributed by atoms with Crippen LogP contribution in [0.3, 0.4) is 0 Å². The highest BCUT2D eigenvalue weighted by Gasteiger charge is 2.21. The summed E-state index contributed by atoms with van der Waals surface area (Å²) in [4.78, 5) is 11.6. The molecule has 6 heteroatoms. The molecule has 1 aliphatic rings. The molecule has 1 aromatic rings. The first kappa shape index (κ1) is 12.9. The second-order valence-electron chi connectivity index (χ2n) is 4.07. The number of hydrogen-bond donors (Lipinski definition) is 1. The van der Waals surface area contributed by atoms with E-state index in [-0.39, 0.29) is 12.6 Å². The van der Waals surface area contributed by atoms with Crippen LogP contribution in [0.15, 0.2) is 12.1 Å². The molecule has 1 unspecified atom stereocenters. The lowest BCUT2D eigenvalue weighted by Gasteiger charge is -2.11. The third-order valence-electron chi connectivity index (χ3n) is 2.79. The largest absolute Gasteiger partial charge is 0.376 e. The van der Waals surface area contributed by atoms with Crippen molar-refractivity contribution in [3.8, 4) is 0 Å². The van der Waals surface area contributed by atoms with Crippen molar-refractivity contribution in [2.75, 3.05) is 13.2 Å². The van der Waals surface area contributed by atoms with Gasteiger partial charge < -0.3 is 10.1 Å². The molecule has 0 aromatic heterocycles. The molecule has 1 aliphatic heterocycles. The Labute approximate surface area is 102 Å². The van der Waals surface area contributed by atoms with E-state index in [0.29, 0.717) is 6.61 Å². The zero-order chi connectivity index (χ0) is 13.1. The molecule has 98 valence electrons. The number of carbonyl (C=O) groups excluding carboxylic acids is 1. The molecule has 1 saturated heterocycles. The van der Waals surface area contributed by atoms with Crippen LogP contribution in [-0.4, -0.2) is 25.2 Å². The summed E-state index contributed by atoms with van der Waals surface area (Å²) in [6.07, 6.45) is 1.64. The van der Waals surface area contributed by atoms with Crippen molar-refractivity contribution in [3.63, 3.8) is 0 Å². The minimum atomic E-state index is -1.64. The molecule has 1 aromatic carbocycles. The maximum absolute atomic E-state index is 13.3. The molecule has 0 bridgehead atoms. The Morgan fingerprint density at radius 3 is 2.78 bits per heavy atom. The van der Waals surface area contributed by atoms with Gasteiger partial charge >= 0.3 is 0 Å². The second kappa shape index (κ2) is 5.39. The zero-order valence-corrected chi connectivity index (χ0v) is 9.51. The molecule has 1 N–H and O–H groups in total. The predicted molar refractivity (Wildman–Crippen MR) is 57.6 cm³/mol. The Balaban J connectivity index is 2.02. The number of halogens is 3. The van der Waals surface area contributed by atoms with Crippen molar-refractivity contribution in [2.24, 2.45) is 0 Å². The Morgan fingerprint density at radius 2 is 2.11 bits per heavy atom. The van der Waals surface area contributed by atoms with E-state index < -0.39 is 28.9 Å². The Hall–Kier alpha value is -1.56. The van der Waals surface area contributed by atoms with Gasteiger partial charge in [-0.2, -0.15) is 0 Å². The normalized spacial score (nSPS) is 18.9. The van der Waals surface area contributed by atoms with Gasteiger partial charge in [-0.1, -0.05) is 0 Å². The fourth-order valence-corrected chi connectivity index (χ4v) is 1.81. The van der Waals surface area contributed by atoms with Crippen LogP contribution in [0.1, 0.15) is 23.2 Å². The van der Waals surface area contributed by atoms with Gasteiger partial charge in [0.05, 0.1) is 11.7 Å². The Bertz CT molecular complexity index is 459. The summed E-state index contributed by atoms with van der Waals surface area (Å²) in [5.41, 5.74) is -0.508. The van der Waals surface area contributed by atoms with Gasteiger partial charge in [-0.15, -0.1) is 0 Å². The molecule has 0 aliphatic carbocycles. The third-order valence-corrected chi connectivity index (χ3v) is 2.79. The van der Waals surface area contributed by atoms with Crippen LogP contribution >= 0.6 is 0 Å². The van der Waals surface area contributed by atoms with Gasteiger partial charge in [0.1, 0.15) is 0 Å². The summed E-state index contributed by atoms with van der Waals surface area (Å²) in [6, 6.07) is 1.64. The van der Waals surface area contributed by atoms with Crippen molar-refractivity contribution in [1.29, 1.82) is 0 Å². The summed E-state index contributed by atoms with van der Waals surface area (Å²) in [5.74, 6) is -5.20. The molecule has 1 atom stereocenters. The molecule has 0 saturated carbocycles. The van der Waals surface area contributed by atoms with Gasteiger partial charge in [-0.3, -0.25) is 4.79 Å². The summed E-state index contributed by atoms with van der Waals surface area (Å²) >= 11 is 0. The minimum absolute atomic E-state index is 0.0951. The average Bonchev–Trinajstić information content (AvgIpc) is 2.86. The number of ether oxygens (including phenoxy) is 1. The summed E-state index contributed by atoms with van der Waals surface area (Å²) in [5, 5.41) is 2.44. The molecular weight excluding hydrogens is 247 g/mol. The molecule has 18 heavy (non-hydrogen) atoms. The van der Waals surface area contributed by atoms with E-state index in [9.17, 15) is 18.0 Å². The van der Waals surface area contributed by atoms with E-state index in [0.717, 1.165) is 25.0 Å². The number of carbonyl (C=O) groups is 1. The van der Waals surface area contributed by atoms with Gasteiger partial charge in [0.15, 0.2) is 17.5 Å². The summed E-state index contributed by atoms with van der Waals surface area (Å²) in [7, 11) is 0. The highest BCUT2D eigenvalue weighted by Crippen LogP contribution is 2.15. The molecule has 1 amide bonds. The lowest BCUT2D eigenvalue weighted by Crippen LogP contribution is -2.32. The number of amides is 1. The highest BCUT2D eigenvalue weighted by molar-refractivity contribution is 5.94. The first-order chi connectivity index (χ1) is 8.59. The van der Waals surface area contributed by atoms with Gasteiger partial charge in [-0.25, -0.2) is 13.2 Å². The van der Waals surface area contributed by atoms with Gasteiger partial charge in [0.25, 0.3) is 5.91 Å². The standard InChI is InChI=1S/C12H12F3NO2/c13-9-4-3-8(10(14)11(9)15)12(17)16-6-7-2-1-5-18-7/h3-4,7H,1-2,5-6H2,(H,16,17). The first-order valence-electron chi connectivity index (χ1n) is 5.63. The van der Waals surface area contributed by atoms with E-state index in [1.54, 1.807) is 0 Å². The lowest BCUT2D eigenvalue weighted by molar-refractivity contribution is 0.0853. The van der Waals surface area contributed by atoms with E-state index in [4.69, 9.17) is 4.74 Å². The molecular formula is C12H12F3NO2. The van der Waals surface area contributed by atoms with Crippen molar-refractivity contribution in [2.45, 2.75) is 18.9 Å². The van der Waals surface area contributed by atoms with Crippen LogP contribution in [0, 0.1) is 17.5 Å². The van der Waals surface area contributed by atoms with E-state index >= 15 is 0 Å². The third kappa shape index (κ3) is 2.64. The predicted octanol–water partition coefficient (Wildman–Crippen LogP) is 2.01. The molecule has 1 fully saturated rings. The number of hydrogen-bond acceptors (Lipinski definition) is 2. The maximum atomic E-state index is 13.3. The molecule has 0 spiro atoms. The van der Waals surface area contributed by atoms with Crippen LogP contribution in [0.4, 0.5) is 13.2 Å². The lowest BCUT2D eigenvalue weighted by atomic mass is 10.1. The number of benzene rings is 1. The SMILES string of the molecule is O=C(NCC1CCCO1)c1ccc(F)c(F)c1F. The van der Waals surface area contributed by atoms with Crippen LogP contribution in [-0.2, 0) is 4.74 Å². The van der Waals surface area contributed by atoms with E-state index in [1.165, 1.54) is 0 Å². The van der Waals surface area contributed by atoms with Crippen LogP contribution in [0.2, 0.25) is 0 Å². The van der Waals surface area contributed by atoms with Gasteiger partial charge in [0.2, 0.25) is 0 Å². The van der Waals surface area contributed by atoms with Gasteiger partial charge in [0, 0.05) is 13.2 Å². The number of rotatable bonds is 3. The zero-order valence-electron chi connectivity index (χ0n) is 9.51. The Kier molecular flexibility index (Phi) is 3.86. The summed E-state index contributed by atoms with van der Waals surface area (Å²) in [6.45, 7) is 0.872. The number of nitrogens with one attached hydrogen (secondary N) is 1. The van der Waals surface area contributed by atoms with Crippen molar-refractivity contribution in [3.05, 3.63) is 35.1 Å². The molecule has 0 radical (unpaired) electrons. The van der Waals surface area contributed by atoms with E-state index in [2.05, 4.69) is 5.32 Å². The molecule has 1 heterocycles. The van der Waals surface area contributed by atoms with Crippen LogP contribution in [0.5, 0.6) is 0 Å². The van der Waals surface area contributed by atoms with Crippen LogP contribution in [0.25, 0.3) is 0 Å². The fourth-order valence-electron chi connectivity index (χ4n) is 1.81. The van der Waals surface area contributed by atoms with Crippen LogP contribution < -0.4 is 5.32 Å². The molecule has 2 rings (SSSR count). The van der Waals surface area contributed by atoms with Crippen molar-refractivity contribution < 1.29 is 22.7 Å². The monoisotopic (exact) mass is 259 g/mol. The fraction of sp³-hybridized carbons (Fsp3) is 0.417. The topological polar surface area (TPSA) is 38.3 Å². The smallest absolute Gasteiger partial charge is 0.254 e. The van der Waals surface area contributed by atoms with Gasteiger partial charge in [-0.05, 0) is 25.0 Å². The highest BCUT2D eigenvalue weighted by atomic mass is 19.2. The minimum Gasteiger partial charge on any atom is -0.376 e. The first-order valence-corrected chi connectivity index (χ1v) is 5.63. The molecule has 3 nitrogen and oxygen atoms in total. The second-order valence-corrected chi connectivity index (χ2v) is 4.07. The Morgan fingerprint density at radius 1 is 1.33 bits per heavy atom. The van der Waals surface area contributed by atoms with Crippen molar-refractivity contribution >= 4 is 5.91 Å².